The standard InChI is InChI=1S/C16H24N4O2/c21-16(19-11-14-4-8-22-12-14)18-10-13-3-5-17-15(9-13)20-6-1-2-7-20/h3,5,9,14H,1-2,4,6-8,10-12H2,(H2,18,19,21)/t14-/m0/s1. The molecule has 2 fully saturated rings. The van der Waals surface area contributed by atoms with Crippen molar-refractivity contribution in [1.82, 2.24) is 15.6 Å². The normalized spacial score (nSPS) is 21.1. The first-order valence-electron chi connectivity index (χ1n) is 8.10. The number of amides is 2. The van der Waals surface area contributed by atoms with E-state index in [1.54, 1.807) is 0 Å². The summed E-state index contributed by atoms with van der Waals surface area (Å²) in [5.74, 6) is 1.47. The molecule has 6 nitrogen and oxygen atoms in total. The molecule has 2 saturated heterocycles. The Kier molecular flexibility index (Phi) is 5.11. The molecule has 3 rings (SSSR count). The summed E-state index contributed by atoms with van der Waals surface area (Å²) in [6.45, 7) is 4.92. The summed E-state index contributed by atoms with van der Waals surface area (Å²) in [7, 11) is 0. The highest BCUT2D eigenvalue weighted by molar-refractivity contribution is 5.73. The number of pyridine rings is 1. The molecular weight excluding hydrogens is 280 g/mol. The van der Waals surface area contributed by atoms with Gasteiger partial charge in [-0.15, -0.1) is 0 Å². The number of anilines is 1. The van der Waals surface area contributed by atoms with Gasteiger partial charge in [-0.2, -0.15) is 0 Å². The third-order valence-electron chi connectivity index (χ3n) is 4.27. The van der Waals surface area contributed by atoms with Crippen LogP contribution in [0.4, 0.5) is 10.6 Å². The van der Waals surface area contributed by atoms with Crippen molar-refractivity contribution >= 4 is 11.8 Å². The Bertz CT molecular complexity index is 497. The number of nitrogens with one attached hydrogen (secondary N) is 2. The van der Waals surface area contributed by atoms with Crippen LogP contribution in [0.5, 0.6) is 0 Å². The largest absolute Gasteiger partial charge is 0.381 e. The van der Waals surface area contributed by atoms with Crippen LogP contribution in [0.2, 0.25) is 0 Å². The highest BCUT2D eigenvalue weighted by atomic mass is 16.5. The van der Waals surface area contributed by atoms with Crippen LogP contribution in [0.3, 0.4) is 0 Å². The van der Waals surface area contributed by atoms with Crippen LogP contribution in [-0.4, -0.2) is 43.9 Å². The van der Waals surface area contributed by atoms with E-state index in [0.717, 1.165) is 44.1 Å². The van der Waals surface area contributed by atoms with Gasteiger partial charge in [-0.25, -0.2) is 9.78 Å². The number of aromatic nitrogens is 1. The van der Waals surface area contributed by atoms with Gasteiger partial charge in [0.2, 0.25) is 0 Å². The molecule has 22 heavy (non-hydrogen) atoms. The summed E-state index contributed by atoms with van der Waals surface area (Å²) < 4.78 is 5.30. The quantitative estimate of drug-likeness (QED) is 0.865. The second-order valence-corrected chi connectivity index (χ2v) is 6.01. The van der Waals surface area contributed by atoms with Crippen LogP contribution in [0.1, 0.15) is 24.8 Å². The summed E-state index contributed by atoms with van der Waals surface area (Å²) in [6.07, 6.45) is 5.32. The Labute approximate surface area is 131 Å². The molecule has 0 unspecified atom stereocenters. The average Bonchev–Trinajstić information content (AvgIpc) is 3.24. The van der Waals surface area contributed by atoms with Crippen molar-refractivity contribution in [3.8, 4) is 0 Å². The fourth-order valence-corrected chi connectivity index (χ4v) is 2.92. The van der Waals surface area contributed by atoms with Crippen LogP contribution >= 0.6 is 0 Å². The molecule has 0 radical (unpaired) electrons. The van der Waals surface area contributed by atoms with E-state index in [2.05, 4.69) is 26.6 Å². The predicted molar refractivity (Wildman–Crippen MR) is 84.8 cm³/mol. The zero-order valence-corrected chi connectivity index (χ0v) is 12.9. The molecule has 2 aliphatic rings. The van der Waals surface area contributed by atoms with Crippen LogP contribution in [0, 0.1) is 5.92 Å². The van der Waals surface area contributed by atoms with Gasteiger partial charge in [0.15, 0.2) is 0 Å². The summed E-state index contributed by atoms with van der Waals surface area (Å²) in [5.41, 5.74) is 1.08. The minimum Gasteiger partial charge on any atom is -0.381 e. The summed E-state index contributed by atoms with van der Waals surface area (Å²) >= 11 is 0. The first-order valence-corrected chi connectivity index (χ1v) is 8.10. The number of ether oxygens (including phenoxy) is 1. The monoisotopic (exact) mass is 304 g/mol. The van der Waals surface area contributed by atoms with Gasteiger partial charge in [0.1, 0.15) is 5.82 Å². The third-order valence-corrected chi connectivity index (χ3v) is 4.27. The molecule has 0 aromatic carbocycles. The highest BCUT2D eigenvalue weighted by Crippen LogP contribution is 2.18. The maximum Gasteiger partial charge on any atom is 0.315 e. The van der Waals surface area contributed by atoms with Gasteiger partial charge in [0.25, 0.3) is 0 Å². The van der Waals surface area contributed by atoms with Gasteiger partial charge in [0, 0.05) is 44.9 Å². The molecule has 0 spiro atoms. The fraction of sp³-hybridized carbons (Fsp3) is 0.625. The smallest absolute Gasteiger partial charge is 0.315 e. The van der Waals surface area contributed by atoms with E-state index in [4.69, 9.17) is 4.74 Å². The molecular formula is C16H24N4O2. The van der Waals surface area contributed by atoms with E-state index in [1.807, 2.05) is 12.3 Å². The molecule has 120 valence electrons. The van der Waals surface area contributed by atoms with E-state index in [1.165, 1.54) is 12.8 Å². The Morgan fingerprint density at radius 1 is 1.36 bits per heavy atom. The summed E-state index contributed by atoms with van der Waals surface area (Å²) in [5, 5.41) is 5.81. The first-order chi connectivity index (χ1) is 10.8. The summed E-state index contributed by atoms with van der Waals surface area (Å²) in [4.78, 5) is 18.5. The van der Waals surface area contributed by atoms with Crippen LogP contribution in [0.15, 0.2) is 18.3 Å². The number of hydrogen-bond acceptors (Lipinski definition) is 4. The molecule has 6 heteroatoms. The van der Waals surface area contributed by atoms with Crippen molar-refractivity contribution in [2.24, 2.45) is 5.92 Å². The van der Waals surface area contributed by atoms with Crippen molar-refractivity contribution in [2.75, 3.05) is 37.7 Å². The fourth-order valence-electron chi connectivity index (χ4n) is 2.92. The lowest BCUT2D eigenvalue weighted by Crippen LogP contribution is -2.38. The lowest BCUT2D eigenvalue weighted by Gasteiger charge is -2.17. The van der Waals surface area contributed by atoms with E-state index in [0.29, 0.717) is 19.0 Å². The zero-order valence-electron chi connectivity index (χ0n) is 12.9. The molecule has 1 aromatic rings. The Hall–Kier alpha value is -1.82. The molecule has 0 saturated carbocycles. The zero-order chi connectivity index (χ0) is 15.2. The summed E-state index contributed by atoms with van der Waals surface area (Å²) in [6, 6.07) is 3.90. The molecule has 2 amide bonds. The van der Waals surface area contributed by atoms with Gasteiger partial charge in [0.05, 0.1) is 6.61 Å². The Morgan fingerprint density at radius 3 is 3.00 bits per heavy atom. The SMILES string of the molecule is O=C(NCc1ccnc(N2CCCC2)c1)NC[C@@H]1CCOC1. The number of urea groups is 1. The van der Waals surface area contributed by atoms with Gasteiger partial charge < -0.3 is 20.3 Å². The van der Waals surface area contributed by atoms with Crippen molar-refractivity contribution in [3.63, 3.8) is 0 Å². The molecule has 0 aliphatic carbocycles. The molecule has 2 aliphatic heterocycles. The Balaban J connectivity index is 1.44. The van der Waals surface area contributed by atoms with E-state index < -0.39 is 0 Å². The number of carbonyl (C=O) groups is 1. The van der Waals surface area contributed by atoms with Gasteiger partial charge in [-0.3, -0.25) is 0 Å². The van der Waals surface area contributed by atoms with E-state index >= 15 is 0 Å². The Morgan fingerprint density at radius 2 is 2.23 bits per heavy atom. The van der Waals surface area contributed by atoms with Gasteiger partial charge in [-0.1, -0.05) is 0 Å². The molecule has 1 atom stereocenters. The topological polar surface area (TPSA) is 66.5 Å². The van der Waals surface area contributed by atoms with Crippen molar-refractivity contribution < 1.29 is 9.53 Å². The number of hydrogen-bond donors (Lipinski definition) is 2. The minimum absolute atomic E-state index is 0.119. The molecule has 0 bridgehead atoms. The van der Waals surface area contributed by atoms with E-state index in [-0.39, 0.29) is 6.03 Å². The second kappa shape index (κ2) is 7.45. The van der Waals surface area contributed by atoms with Gasteiger partial charge in [-0.05, 0) is 37.0 Å². The molecule has 2 N–H and O–H groups in total. The maximum absolute atomic E-state index is 11.8. The second-order valence-electron chi connectivity index (χ2n) is 6.01. The van der Waals surface area contributed by atoms with E-state index in [9.17, 15) is 4.79 Å². The van der Waals surface area contributed by atoms with Crippen molar-refractivity contribution in [2.45, 2.75) is 25.8 Å². The number of carbonyl (C=O) groups excluding carboxylic acids is 1. The molecule has 3 heterocycles. The van der Waals surface area contributed by atoms with Crippen LogP contribution < -0.4 is 15.5 Å². The highest BCUT2D eigenvalue weighted by Gasteiger charge is 2.16. The third kappa shape index (κ3) is 4.10. The number of nitrogens with zero attached hydrogens (tertiary/aromatic N) is 2. The number of rotatable bonds is 5. The van der Waals surface area contributed by atoms with Crippen molar-refractivity contribution in [3.05, 3.63) is 23.9 Å². The van der Waals surface area contributed by atoms with Crippen molar-refractivity contribution in [1.29, 1.82) is 0 Å². The van der Waals surface area contributed by atoms with Crippen LogP contribution in [-0.2, 0) is 11.3 Å². The lowest BCUT2D eigenvalue weighted by molar-refractivity contribution is 0.185. The first kappa shape index (κ1) is 15.1. The average molecular weight is 304 g/mol. The maximum atomic E-state index is 11.8. The lowest BCUT2D eigenvalue weighted by atomic mass is 10.1. The van der Waals surface area contributed by atoms with Crippen LogP contribution in [0.25, 0.3) is 0 Å². The molecule has 1 aromatic heterocycles. The van der Waals surface area contributed by atoms with Gasteiger partial charge >= 0.3 is 6.03 Å². The predicted octanol–water partition coefficient (Wildman–Crippen LogP) is 1.52. The minimum atomic E-state index is -0.119.